The number of nitrogens with zero attached hydrogens (tertiary/aromatic N) is 1. The Morgan fingerprint density at radius 2 is 2.19 bits per heavy atom. The fourth-order valence-electron chi connectivity index (χ4n) is 1.95. The van der Waals surface area contributed by atoms with E-state index >= 15 is 0 Å². The largest absolute Gasteiger partial charge is 0.395 e. The molecule has 90 valence electrons. The molecule has 0 bridgehead atoms. The topological polar surface area (TPSA) is 49.5 Å². The van der Waals surface area contributed by atoms with Crippen molar-refractivity contribution in [1.29, 1.82) is 0 Å². The van der Waals surface area contributed by atoms with Crippen molar-refractivity contribution in [2.45, 2.75) is 19.0 Å². The predicted octanol–water partition coefficient (Wildman–Crippen LogP) is 1.65. The Bertz CT molecular complexity index is 331. The molecule has 1 aromatic carbocycles. The number of aliphatic hydroxyl groups is 1. The van der Waals surface area contributed by atoms with Crippen LogP contribution in [0.5, 0.6) is 0 Å². The summed E-state index contributed by atoms with van der Waals surface area (Å²) in [5, 5.41) is 9.67. The third kappa shape index (κ3) is 3.46. The van der Waals surface area contributed by atoms with Crippen LogP contribution in [0, 0.1) is 0 Å². The highest BCUT2D eigenvalue weighted by Gasteiger charge is 2.20. The molecule has 0 aromatic heterocycles. The fourth-order valence-corrected chi connectivity index (χ4v) is 2.15. The minimum absolute atomic E-state index is 0.0185. The van der Waals surface area contributed by atoms with Crippen LogP contribution < -0.4 is 5.73 Å². The molecule has 0 heterocycles. The van der Waals surface area contributed by atoms with E-state index in [1.165, 1.54) is 0 Å². The summed E-state index contributed by atoms with van der Waals surface area (Å²) >= 11 is 5.97. The van der Waals surface area contributed by atoms with Crippen LogP contribution in [0.1, 0.15) is 18.5 Å². The molecule has 0 fully saturated rings. The van der Waals surface area contributed by atoms with Crippen LogP contribution in [0.25, 0.3) is 0 Å². The first-order valence-electron chi connectivity index (χ1n) is 5.38. The van der Waals surface area contributed by atoms with Crippen molar-refractivity contribution in [3.63, 3.8) is 0 Å². The molecule has 0 amide bonds. The van der Waals surface area contributed by atoms with Crippen LogP contribution in [-0.2, 0) is 0 Å². The summed E-state index contributed by atoms with van der Waals surface area (Å²) in [6.07, 6.45) is 0. The summed E-state index contributed by atoms with van der Waals surface area (Å²) < 4.78 is 0. The van der Waals surface area contributed by atoms with Crippen LogP contribution in [0.2, 0.25) is 5.02 Å². The van der Waals surface area contributed by atoms with Gasteiger partial charge in [0.05, 0.1) is 6.61 Å². The Morgan fingerprint density at radius 3 is 2.69 bits per heavy atom. The number of aliphatic hydroxyl groups excluding tert-OH is 1. The lowest BCUT2D eigenvalue weighted by Gasteiger charge is -2.31. The summed E-state index contributed by atoms with van der Waals surface area (Å²) in [5.74, 6) is 0. The van der Waals surface area contributed by atoms with Crippen molar-refractivity contribution < 1.29 is 5.11 Å². The lowest BCUT2D eigenvalue weighted by molar-refractivity contribution is 0.167. The molecule has 3 N–H and O–H groups in total. The van der Waals surface area contributed by atoms with E-state index in [1.807, 2.05) is 43.1 Å². The van der Waals surface area contributed by atoms with E-state index in [0.717, 1.165) is 5.56 Å². The number of halogens is 1. The average molecular weight is 243 g/mol. The van der Waals surface area contributed by atoms with Crippen LogP contribution in [0.3, 0.4) is 0 Å². The average Bonchev–Trinajstić information content (AvgIpc) is 2.17. The van der Waals surface area contributed by atoms with E-state index in [4.69, 9.17) is 22.4 Å². The summed E-state index contributed by atoms with van der Waals surface area (Å²) in [6, 6.07) is 7.74. The Labute approximate surface area is 102 Å². The van der Waals surface area contributed by atoms with Crippen LogP contribution >= 0.6 is 11.6 Å². The molecular formula is C12H19ClN2O. The van der Waals surface area contributed by atoms with Gasteiger partial charge in [0.2, 0.25) is 0 Å². The fraction of sp³-hybridized carbons (Fsp3) is 0.500. The van der Waals surface area contributed by atoms with E-state index in [-0.39, 0.29) is 18.7 Å². The molecular weight excluding hydrogens is 224 g/mol. The van der Waals surface area contributed by atoms with E-state index in [9.17, 15) is 0 Å². The Hall–Kier alpha value is -0.610. The minimum Gasteiger partial charge on any atom is -0.395 e. The van der Waals surface area contributed by atoms with Crippen molar-refractivity contribution >= 4 is 11.6 Å². The predicted molar refractivity (Wildman–Crippen MR) is 67.6 cm³/mol. The van der Waals surface area contributed by atoms with Gasteiger partial charge in [0.1, 0.15) is 0 Å². The first-order valence-corrected chi connectivity index (χ1v) is 5.76. The van der Waals surface area contributed by atoms with Gasteiger partial charge in [-0.05, 0) is 31.7 Å². The number of nitrogens with two attached hydrogens (primary N) is 1. The van der Waals surface area contributed by atoms with Crippen LogP contribution in [0.4, 0.5) is 0 Å². The monoisotopic (exact) mass is 242 g/mol. The van der Waals surface area contributed by atoms with Crippen LogP contribution in [-0.4, -0.2) is 36.2 Å². The molecule has 2 unspecified atom stereocenters. The van der Waals surface area contributed by atoms with Gasteiger partial charge >= 0.3 is 0 Å². The second kappa shape index (κ2) is 6.21. The molecule has 0 spiro atoms. The molecule has 1 rings (SSSR count). The molecule has 1 aromatic rings. The highest BCUT2D eigenvalue weighted by molar-refractivity contribution is 6.30. The van der Waals surface area contributed by atoms with Crippen molar-refractivity contribution in [2.24, 2.45) is 5.73 Å². The third-order valence-electron chi connectivity index (χ3n) is 2.62. The SMILES string of the molecule is CC(N)C(c1cccc(Cl)c1)N(C)CCO. The molecule has 0 aliphatic heterocycles. The Morgan fingerprint density at radius 1 is 1.50 bits per heavy atom. The van der Waals surface area contributed by atoms with Gasteiger partial charge in [0.15, 0.2) is 0 Å². The van der Waals surface area contributed by atoms with Gasteiger partial charge in [-0.1, -0.05) is 23.7 Å². The van der Waals surface area contributed by atoms with E-state index in [1.54, 1.807) is 0 Å². The van der Waals surface area contributed by atoms with Gasteiger partial charge in [0.25, 0.3) is 0 Å². The quantitative estimate of drug-likeness (QED) is 0.826. The second-order valence-electron chi connectivity index (χ2n) is 4.06. The van der Waals surface area contributed by atoms with Crippen molar-refractivity contribution in [2.75, 3.05) is 20.2 Å². The van der Waals surface area contributed by atoms with Gasteiger partial charge < -0.3 is 10.8 Å². The van der Waals surface area contributed by atoms with E-state index in [0.29, 0.717) is 11.6 Å². The number of benzene rings is 1. The van der Waals surface area contributed by atoms with Crippen molar-refractivity contribution in [3.05, 3.63) is 34.9 Å². The van der Waals surface area contributed by atoms with E-state index < -0.39 is 0 Å². The summed E-state index contributed by atoms with van der Waals surface area (Å²) in [5.41, 5.74) is 7.07. The maximum Gasteiger partial charge on any atom is 0.0558 e. The zero-order valence-corrected chi connectivity index (χ0v) is 10.5. The first-order chi connectivity index (χ1) is 7.56. The molecule has 0 saturated carbocycles. The minimum atomic E-state index is -0.0185. The van der Waals surface area contributed by atoms with Gasteiger partial charge in [-0.3, -0.25) is 4.90 Å². The van der Waals surface area contributed by atoms with Gasteiger partial charge in [-0.25, -0.2) is 0 Å². The highest BCUT2D eigenvalue weighted by Crippen LogP contribution is 2.24. The van der Waals surface area contributed by atoms with Gasteiger partial charge in [-0.2, -0.15) is 0 Å². The van der Waals surface area contributed by atoms with Crippen LogP contribution in [0.15, 0.2) is 24.3 Å². The second-order valence-corrected chi connectivity index (χ2v) is 4.50. The molecule has 0 radical (unpaired) electrons. The molecule has 4 heteroatoms. The number of hydrogen-bond donors (Lipinski definition) is 2. The number of likely N-dealkylation sites (N-methyl/N-ethyl adjacent to an activating group) is 1. The molecule has 2 atom stereocenters. The third-order valence-corrected chi connectivity index (χ3v) is 2.85. The zero-order valence-electron chi connectivity index (χ0n) is 9.73. The zero-order chi connectivity index (χ0) is 12.1. The number of rotatable bonds is 5. The summed E-state index contributed by atoms with van der Waals surface area (Å²) in [4.78, 5) is 2.04. The Balaban J connectivity index is 2.93. The molecule has 3 nitrogen and oxygen atoms in total. The normalized spacial score (nSPS) is 15.1. The number of hydrogen-bond acceptors (Lipinski definition) is 3. The van der Waals surface area contributed by atoms with E-state index in [2.05, 4.69) is 0 Å². The first kappa shape index (κ1) is 13.5. The van der Waals surface area contributed by atoms with Crippen molar-refractivity contribution in [3.8, 4) is 0 Å². The highest BCUT2D eigenvalue weighted by atomic mass is 35.5. The lowest BCUT2D eigenvalue weighted by Crippen LogP contribution is -2.38. The molecule has 0 aliphatic rings. The maximum atomic E-state index is 8.96. The lowest BCUT2D eigenvalue weighted by atomic mass is 10.00. The molecule has 0 aliphatic carbocycles. The standard InChI is InChI=1S/C12H19ClN2O/c1-9(14)12(15(2)6-7-16)10-4-3-5-11(13)8-10/h3-5,8-9,12,16H,6-7,14H2,1-2H3. The van der Waals surface area contributed by atoms with Gasteiger partial charge in [-0.15, -0.1) is 0 Å². The summed E-state index contributed by atoms with van der Waals surface area (Å²) in [6.45, 7) is 2.68. The smallest absolute Gasteiger partial charge is 0.0558 e. The Kier molecular flexibility index (Phi) is 5.22. The molecule has 0 saturated heterocycles. The maximum absolute atomic E-state index is 8.96. The van der Waals surface area contributed by atoms with Gasteiger partial charge in [0, 0.05) is 23.7 Å². The summed E-state index contributed by atoms with van der Waals surface area (Å²) in [7, 11) is 1.95. The molecule has 16 heavy (non-hydrogen) atoms. The van der Waals surface area contributed by atoms with Crippen molar-refractivity contribution in [1.82, 2.24) is 4.90 Å².